The van der Waals surface area contributed by atoms with E-state index in [1.165, 1.54) is 5.56 Å². The van der Waals surface area contributed by atoms with Gasteiger partial charge in [-0.3, -0.25) is 4.79 Å². The fourth-order valence-corrected chi connectivity index (χ4v) is 2.60. The Morgan fingerprint density at radius 3 is 2.21 bits per heavy atom. The summed E-state index contributed by atoms with van der Waals surface area (Å²) in [5.74, 6) is -0.125. The Morgan fingerprint density at radius 1 is 1.00 bits per heavy atom. The molecule has 2 aromatic carbocycles. The first kappa shape index (κ1) is 21.5. The van der Waals surface area contributed by atoms with Gasteiger partial charge in [0.15, 0.2) is 0 Å². The Bertz CT molecular complexity index is 787. The van der Waals surface area contributed by atoms with Crippen LogP contribution in [0.25, 0.3) is 0 Å². The summed E-state index contributed by atoms with van der Waals surface area (Å²) in [6, 6.07) is 15.5. The van der Waals surface area contributed by atoms with Crippen LogP contribution in [0.15, 0.2) is 53.7 Å². The molecule has 2 aromatic rings. The molecule has 5 heteroatoms. The molecule has 0 aliphatic carbocycles. The highest BCUT2D eigenvalue weighted by molar-refractivity contribution is 5.98. The van der Waals surface area contributed by atoms with Gasteiger partial charge in [0.2, 0.25) is 0 Å². The molecule has 0 bridgehead atoms. The average Bonchev–Trinajstić information content (AvgIpc) is 2.64. The molecule has 150 valence electrons. The Morgan fingerprint density at radius 2 is 1.64 bits per heavy atom. The lowest BCUT2D eigenvalue weighted by Gasteiger charge is -2.19. The molecule has 0 radical (unpaired) electrons. The number of hydrogen-bond donors (Lipinski definition) is 1. The number of carbonyl (C=O) groups is 1. The molecule has 0 unspecified atom stereocenters. The minimum atomic E-state index is -0.841. The van der Waals surface area contributed by atoms with E-state index >= 15 is 0 Å². The van der Waals surface area contributed by atoms with Crippen molar-refractivity contribution in [3.8, 4) is 5.75 Å². The number of carboxylic acid groups (broad SMARTS) is 1. The summed E-state index contributed by atoms with van der Waals surface area (Å²) < 4.78 is 5.63. The molecule has 1 N–H and O–H groups in total. The van der Waals surface area contributed by atoms with Gasteiger partial charge in [0, 0.05) is 6.42 Å². The van der Waals surface area contributed by atoms with Gasteiger partial charge in [-0.25, -0.2) is 0 Å². The molecule has 28 heavy (non-hydrogen) atoms. The summed E-state index contributed by atoms with van der Waals surface area (Å²) in [4.78, 5) is 16.1. The average molecular weight is 383 g/mol. The van der Waals surface area contributed by atoms with E-state index in [0.717, 1.165) is 16.8 Å². The van der Waals surface area contributed by atoms with E-state index in [4.69, 9.17) is 14.7 Å². The third-order valence-electron chi connectivity index (χ3n) is 4.30. The molecule has 2 rings (SSSR count). The number of oxime groups is 1. The summed E-state index contributed by atoms with van der Waals surface area (Å²) in [7, 11) is 0. The smallest absolute Gasteiger partial charge is 0.307 e. The van der Waals surface area contributed by atoms with Crippen molar-refractivity contribution in [3.05, 3.63) is 65.2 Å². The summed E-state index contributed by atoms with van der Waals surface area (Å²) in [5, 5.41) is 12.9. The van der Waals surface area contributed by atoms with Crippen molar-refractivity contribution in [3.63, 3.8) is 0 Å². The fraction of sp³-hybridized carbons (Fsp3) is 0.391. The van der Waals surface area contributed by atoms with Crippen LogP contribution in [0.4, 0.5) is 0 Å². The van der Waals surface area contributed by atoms with Crippen molar-refractivity contribution in [2.75, 3.05) is 13.2 Å². The SMILES string of the molecule is CC(=NOCCCOc1ccc(CC(=O)O)cc1)c1ccc(C(C)(C)C)cc1. The Kier molecular flexibility index (Phi) is 7.61. The van der Waals surface area contributed by atoms with Crippen LogP contribution in [0.5, 0.6) is 5.75 Å². The van der Waals surface area contributed by atoms with Crippen LogP contribution in [0.1, 0.15) is 50.8 Å². The number of carboxylic acids is 1. The van der Waals surface area contributed by atoms with E-state index in [-0.39, 0.29) is 11.8 Å². The third-order valence-corrected chi connectivity index (χ3v) is 4.30. The molecule has 0 aliphatic heterocycles. The van der Waals surface area contributed by atoms with E-state index in [2.05, 4.69) is 50.2 Å². The second-order valence-corrected chi connectivity index (χ2v) is 7.75. The van der Waals surface area contributed by atoms with E-state index in [9.17, 15) is 4.79 Å². The summed E-state index contributed by atoms with van der Waals surface area (Å²) >= 11 is 0. The summed E-state index contributed by atoms with van der Waals surface area (Å²) in [5.41, 5.74) is 4.07. The van der Waals surface area contributed by atoms with Crippen LogP contribution in [0.3, 0.4) is 0 Å². The van der Waals surface area contributed by atoms with Crippen LogP contribution in [-0.2, 0) is 21.5 Å². The zero-order valence-corrected chi connectivity index (χ0v) is 17.1. The van der Waals surface area contributed by atoms with Crippen molar-refractivity contribution < 1.29 is 19.5 Å². The van der Waals surface area contributed by atoms with Gasteiger partial charge in [0.05, 0.1) is 18.7 Å². The number of nitrogens with zero attached hydrogens (tertiary/aromatic N) is 1. The van der Waals surface area contributed by atoms with Crippen molar-refractivity contribution in [2.24, 2.45) is 5.16 Å². The van der Waals surface area contributed by atoms with E-state index < -0.39 is 5.97 Å². The zero-order chi connectivity index (χ0) is 20.6. The first-order valence-corrected chi connectivity index (χ1v) is 9.47. The maximum atomic E-state index is 10.7. The lowest BCUT2D eigenvalue weighted by Crippen LogP contribution is -2.11. The molecule has 0 aliphatic rings. The van der Waals surface area contributed by atoms with Gasteiger partial charge >= 0.3 is 5.97 Å². The fourth-order valence-electron chi connectivity index (χ4n) is 2.60. The Balaban J connectivity index is 1.71. The number of ether oxygens (including phenoxy) is 1. The molecule has 0 heterocycles. The largest absolute Gasteiger partial charge is 0.493 e. The van der Waals surface area contributed by atoms with Crippen LogP contribution in [0.2, 0.25) is 0 Å². The second-order valence-electron chi connectivity index (χ2n) is 7.75. The van der Waals surface area contributed by atoms with Gasteiger partial charge in [-0.1, -0.05) is 62.3 Å². The van der Waals surface area contributed by atoms with E-state index in [1.54, 1.807) is 24.3 Å². The second kappa shape index (κ2) is 9.93. The zero-order valence-electron chi connectivity index (χ0n) is 17.1. The highest BCUT2D eigenvalue weighted by atomic mass is 16.6. The Labute approximate surface area is 167 Å². The molecule has 0 aromatic heterocycles. The minimum Gasteiger partial charge on any atom is -0.493 e. The van der Waals surface area contributed by atoms with Crippen molar-refractivity contribution in [1.82, 2.24) is 0 Å². The molecule has 0 saturated carbocycles. The predicted molar refractivity (Wildman–Crippen MR) is 111 cm³/mol. The highest BCUT2D eigenvalue weighted by Gasteiger charge is 2.13. The third kappa shape index (κ3) is 7.06. The molecule has 0 atom stereocenters. The van der Waals surface area contributed by atoms with E-state index in [1.807, 2.05) is 6.92 Å². The summed E-state index contributed by atoms with van der Waals surface area (Å²) in [6.07, 6.45) is 0.723. The Hall–Kier alpha value is -2.82. The number of rotatable bonds is 9. The van der Waals surface area contributed by atoms with Crippen LogP contribution in [0, 0.1) is 0 Å². The van der Waals surface area contributed by atoms with Gasteiger partial charge in [-0.05, 0) is 41.2 Å². The molecule has 5 nitrogen and oxygen atoms in total. The van der Waals surface area contributed by atoms with Crippen molar-refractivity contribution in [1.29, 1.82) is 0 Å². The van der Waals surface area contributed by atoms with Crippen molar-refractivity contribution >= 4 is 11.7 Å². The van der Waals surface area contributed by atoms with Crippen molar-refractivity contribution in [2.45, 2.75) is 46.0 Å². The highest BCUT2D eigenvalue weighted by Crippen LogP contribution is 2.22. The van der Waals surface area contributed by atoms with Crippen LogP contribution < -0.4 is 4.74 Å². The monoisotopic (exact) mass is 383 g/mol. The molecular weight excluding hydrogens is 354 g/mol. The van der Waals surface area contributed by atoms with Crippen LogP contribution >= 0.6 is 0 Å². The van der Waals surface area contributed by atoms with Gasteiger partial charge in [0.1, 0.15) is 12.4 Å². The first-order valence-electron chi connectivity index (χ1n) is 9.47. The molecule has 0 saturated heterocycles. The lowest BCUT2D eigenvalue weighted by molar-refractivity contribution is -0.136. The maximum absolute atomic E-state index is 10.7. The summed E-state index contributed by atoms with van der Waals surface area (Å²) in [6.45, 7) is 9.48. The first-order chi connectivity index (χ1) is 13.3. The van der Waals surface area contributed by atoms with Gasteiger partial charge in [-0.15, -0.1) is 0 Å². The molecule has 0 fully saturated rings. The van der Waals surface area contributed by atoms with E-state index in [0.29, 0.717) is 25.4 Å². The normalized spacial score (nSPS) is 11.9. The number of hydrogen-bond acceptors (Lipinski definition) is 4. The maximum Gasteiger partial charge on any atom is 0.307 e. The van der Waals surface area contributed by atoms with Gasteiger partial charge < -0.3 is 14.7 Å². The van der Waals surface area contributed by atoms with Gasteiger partial charge in [0.25, 0.3) is 0 Å². The molecular formula is C23H29NO4. The number of benzene rings is 2. The van der Waals surface area contributed by atoms with Crippen LogP contribution in [-0.4, -0.2) is 30.0 Å². The molecule has 0 amide bonds. The van der Waals surface area contributed by atoms with Gasteiger partial charge in [-0.2, -0.15) is 0 Å². The predicted octanol–water partition coefficient (Wildman–Crippen LogP) is 4.82. The standard InChI is InChI=1S/C23H29NO4/c1-17(19-8-10-20(11-9-19)23(2,3)4)24-28-15-5-14-27-21-12-6-18(7-13-21)16-22(25)26/h6-13H,5,14-16H2,1-4H3,(H,25,26). The number of aliphatic carboxylic acids is 1. The quantitative estimate of drug-likeness (QED) is 0.383. The lowest BCUT2D eigenvalue weighted by atomic mass is 9.86. The minimum absolute atomic E-state index is 0.0183. The topological polar surface area (TPSA) is 68.1 Å². The molecule has 0 spiro atoms.